The number of hydrogen-bond donors (Lipinski definition) is 2. The Morgan fingerprint density at radius 3 is 2.74 bits per heavy atom. The molecule has 2 aromatic heterocycles. The van der Waals surface area contributed by atoms with Crippen molar-refractivity contribution in [1.82, 2.24) is 9.97 Å². The molecule has 0 spiro atoms. The van der Waals surface area contributed by atoms with Gasteiger partial charge in [0.2, 0.25) is 5.43 Å². The Hall–Kier alpha value is -2.96. The summed E-state index contributed by atoms with van der Waals surface area (Å²) in [5.41, 5.74) is 1.55. The lowest BCUT2D eigenvalue weighted by atomic mass is 10.1. The van der Waals surface area contributed by atoms with Gasteiger partial charge < -0.3 is 4.98 Å². The zero-order valence-electron chi connectivity index (χ0n) is 14.0. The van der Waals surface area contributed by atoms with Crippen molar-refractivity contribution in [3.8, 4) is 0 Å². The first kappa shape index (κ1) is 17.5. The molecule has 0 aliphatic heterocycles. The summed E-state index contributed by atoms with van der Waals surface area (Å²) in [5.74, 6) is -0.477. The van der Waals surface area contributed by atoms with E-state index in [-0.39, 0.29) is 11.0 Å². The third-order valence-electron chi connectivity index (χ3n) is 4.10. The fraction of sp³-hybridized carbons (Fsp3) is 0.0500. The Labute approximate surface area is 163 Å². The van der Waals surface area contributed by atoms with E-state index in [1.165, 1.54) is 17.5 Å². The van der Waals surface area contributed by atoms with Gasteiger partial charge >= 0.3 is 0 Å². The van der Waals surface area contributed by atoms with Crippen molar-refractivity contribution in [3.63, 3.8) is 0 Å². The van der Waals surface area contributed by atoms with E-state index in [0.29, 0.717) is 27.5 Å². The van der Waals surface area contributed by atoms with Crippen LogP contribution in [-0.4, -0.2) is 15.9 Å². The monoisotopic (exact) mass is 395 g/mol. The number of para-hydroxylation sites is 1. The first-order chi connectivity index (χ1) is 13.1. The highest BCUT2D eigenvalue weighted by atomic mass is 35.5. The van der Waals surface area contributed by atoms with Gasteiger partial charge in [0.05, 0.1) is 0 Å². The molecule has 7 heteroatoms. The topological polar surface area (TPSA) is 74.8 Å². The van der Waals surface area contributed by atoms with Gasteiger partial charge in [-0.1, -0.05) is 35.9 Å². The minimum absolute atomic E-state index is 0.0585. The Morgan fingerprint density at radius 1 is 1.15 bits per heavy atom. The predicted molar refractivity (Wildman–Crippen MR) is 109 cm³/mol. The van der Waals surface area contributed by atoms with Crippen molar-refractivity contribution >= 4 is 44.9 Å². The number of amides is 1. The average Bonchev–Trinajstić information content (AvgIpc) is 3.11. The molecular formula is C20H14ClN3O2S. The molecule has 0 radical (unpaired) electrons. The summed E-state index contributed by atoms with van der Waals surface area (Å²) in [5, 5.41) is 4.33. The van der Waals surface area contributed by atoms with Crippen LogP contribution in [0.15, 0.2) is 65.7 Å². The molecule has 0 saturated carbocycles. The maximum Gasteiger partial charge on any atom is 0.262 e. The van der Waals surface area contributed by atoms with Crippen LogP contribution in [0.3, 0.4) is 0 Å². The SMILES string of the molecule is O=C(Nc1ncc(Cc2ccc(Cl)cc2)s1)c1c[nH]c2ccccc2c1=O. The number of thiazole rings is 1. The van der Waals surface area contributed by atoms with Crippen LogP contribution in [0, 0.1) is 0 Å². The molecule has 0 aliphatic carbocycles. The zero-order valence-corrected chi connectivity index (χ0v) is 15.6. The molecule has 0 aliphatic rings. The van der Waals surface area contributed by atoms with Gasteiger partial charge in [0.1, 0.15) is 5.56 Å². The van der Waals surface area contributed by atoms with E-state index < -0.39 is 5.91 Å². The van der Waals surface area contributed by atoms with Crippen molar-refractivity contribution < 1.29 is 4.79 Å². The molecule has 1 amide bonds. The molecule has 0 fully saturated rings. The van der Waals surface area contributed by atoms with Crippen molar-refractivity contribution in [1.29, 1.82) is 0 Å². The number of fused-ring (bicyclic) bond motifs is 1. The van der Waals surface area contributed by atoms with Gasteiger partial charge in [-0.15, -0.1) is 11.3 Å². The van der Waals surface area contributed by atoms with E-state index in [2.05, 4.69) is 15.3 Å². The van der Waals surface area contributed by atoms with Crippen LogP contribution in [0.4, 0.5) is 5.13 Å². The normalized spacial score (nSPS) is 10.9. The average molecular weight is 396 g/mol. The van der Waals surface area contributed by atoms with Crippen molar-refractivity contribution in [2.45, 2.75) is 6.42 Å². The quantitative estimate of drug-likeness (QED) is 0.535. The number of aromatic nitrogens is 2. The fourth-order valence-electron chi connectivity index (χ4n) is 2.75. The number of halogens is 1. The van der Waals surface area contributed by atoms with Crippen molar-refractivity contribution in [3.05, 3.63) is 92.2 Å². The zero-order chi connectivity index (χ0) is 18.8. The Morgan fingerprint density at radius 2 is 1.93 bits per heavy atom. The number of benzene rings is 2. The highest BCUT2D eigenvalue weighted by Gasteiger charge is 2.14. The maximum absolute atomic E-state index is 12.5. The highest BCUT2D eigenvalue weighted by Crippen LogP contribution is 2.22. The first-order valence-electron chi connectivity index (χ1n) is 8.21. The lowest BCUT2D eigenvalue weighted by Gasteiger charge is -2.03. The van der Waals surface area contributed by atoms with Gasteiger partial charge in [-0.3, -0.25) is 14.9 Å². The molecule has 0 unspecified atom stereocenters. The van der Waals surface area contributed by atoms with Gasteiger partial charge in [0.25, 0.3) is 5.91 Å². The number of H-pyrrole nitrogens is 1. The van der Waals surface area contributed by atoms with Gasteiger partial charge in [-0.25, -0.2) is 4.98 Å². The molecule has 0 bridgehead atoms. The van der Waals surface area contributed by atoms with Gasteiger partial charge in [-0.05, 0) is 29.8 Å². The van der Waals surface area contributed by atoms with E-state index in [1.807, 2.05) is 30.3 Å². The molecule has 0 atom stereocenters. The Bertz CT molecular complexity index is 1180. The number of anilines is 1. The fourth-order valence-corrected chi connectivity index (χ4v) is 3.72. The lowest BCUT2D eigenvalue weighted by molar-refractivity contribution is 0.102. The summed E-state index contributed by atoms with van der Waals surface area (Å²) in [6.45, 7) is 0. The number of nitrogens with zero attached hydrogens (tertiary/aromatic N) is 1. The molecule has 2 heterocycles. The summed E-state index contributed by atoms with van der Waals surface area (Å²) < 4.78 is 0. The van der Waals surface area contributed by atoms with Crippen LogP contribution in [0.1, 0.15) is 20.8 Å². The minimum atomic E-state index is -0.477. The third kappa shape index (κ3) is 3.77. The molecule has 2 N–H and O–H groups in total. The first-order valence-corrected chi connectivity index (χ1v) is 9.40. The van der Waals surface area contributed by atoms with Crippen LogP contribution in [0.5, 0.6) is 0 Å². The number of rotatable bonds is 4. The molecular weight excluding hydrogens is 382 g/mol. The van der Waals surface area contributed by atoms with Crippen molar-refractivity contribution in [2.75, 3.05) is 5.32 Å². The molecule has 4 rings (SSSR count). The smallest absolute Gasteiger partial charge is 0.262 e. The molecule has 4 aromatic rings. The number of nitrogens with one attached hydrogen (secondary N) is 2. The number of carbonyl (C=O) groups is 1. The Kier molecular flexibility index (Phi) is 4.75. The molecule has 27 heavy (non-hydrogen) atoms. The summed E-state index contributed by atoms with van der Waals surface area (Å²) in [4.78, 5) is 33.2. The van der Waals surface area contributed by atoms with E-state index in [0.717, 1.165) is 10.4 Å². The van der Waals surface area contributed by atoms with E-state index in [1.54, 1.807) is 24.4 Å². The van der Waals surface area contributed by atoms with Crippen LogP contribution < -0.4 is 10.7 Å². The van der Waals surface area contributed by atoms with E-state index >= 15 is 0 Å². The summed E-state index contributed by atoms with van der Waals surface area (Å²) in [6.07, 6.45) is 3.85. The van der Waals surface area contributed by atoms with Crippen LogP contribution in [-0.2, 0) is 6.42 Å². The van der Waals surface area contributed by atoms with E-state index in [9.17, 15) is 9.59 Å². The lowest BCUT2D eigenvalue weighted by Crippen LogP contribution is -2.21. The molecule has 0 saturated heterocycles. The third-order valence-corrected chi connectivity index (χ3v) is 5.26. The second kappa shape index (κ2) is 7.34. The summed E-state index contributed by atoms with van der Waals surface area (Å²) in [7, 11) is 0. The molecule has 5 nitrogen and oxygen atoms in total. The largest absolute Gasteiger partial charge is 0.360 e. The number of pyridine rings is 1. The number of hydrogen-bond acceptors (Lipinski definition) is 4. The predicted octanol–water partition coefficient (Wildman–Crippen LogP) is 4.48. The minimum Gasteiger partial charge on any atom is -0.360 e. The standard InChI is InChI=1S/C20H14ClN3O2S/c21-13-7-5-12(6-8-13)9-14-10-23-20(27-14)24-19(26)16-11-22-17-4-2-1-3-15(17)18(16)25/h1-8,10-11H,9H2,(H,22,25)(H,23,24,26). The highest BCUT2D eigenvalue weighted by molar-refractivity contribution is 7.15. The van der Waals surface area contributed by atoms with Gasteiger partial charge in [0, 0.05) is 39.6 Å². The summed E-state index contributed by atoms with van der Waals surface area (Å²) >= 11 is 7.27. The van der Waals surface area contributed by atoms with Crippen molar-refractivity contribution in [2.24, 2.45) is 0 Å². The van der Waals surface area contributed by atoms with Crippen LogP contribution in [0.25, 0.3) is 10.9 Å². The van der Waals surface area contributed by atoms with Gasteiger partial charge in [0.15, 0.2) is 5.13 Å². The second-order valence-electron chi connectivity index (χ2n) is 5.97. The summed E-state index contributed by atoms with van der Waals surface area (Å²) in [6, 6.07) is 14.7. The van der Waals surface area contributed by atoms with Crippen LogP contribution in [0.2, 0.25) is 5.02 Å². The maximum atomic E-state index is 12.5. The molecule has 134 valence electrons. The molecule has 2 aromatic carbocycles. The van der Waals surface area contributed by atoms with E-state index in [4.69, 9.17) is 11.6 Å². The van der Waals surface area contributed by atoms with Gasteiger partial charge in [-0.2, -0.15) is 0 Å². The Balaban J connectivity index is 1.52. The number of aromatic amines is 1. The van der Waals surface area contributed by atoms with Crippen LogP contribution >= 0.6 is 22.9 Å². The number of carbonyl (C=O) groups excluding carboxylic acids is 1. The second-order valence-corrected chi connectivity index (χ2v) is 7.52.